The van der Waals surface area contributed by atoms with Gasteiger partial charge in [0.05, 0.1) is 30.6 Å². The van der Waals surface area contributed by atoms with Gasteiger partial charge in [-0.05, 0) is 24.5 Å². The monoisotopic (exact) mass is 349 g/mol. The van der Waals surface area contributed by atoms with Crippen molar-refractivity contribution in [2.75, 3.05) is 32.3 Å². The zero-order chi connectivity index (χ0) is 16.4. The standard InChI is InChI=1S/C13H19NO6S2/c1-19-12-4-3-11(7-13(12)20-2)22(17,18)14-8-10-5-6-21(15,16)9-10/h3-4,7,10,14H,5-6,8-9H2,1-2H3/t10-/m1/s1. The van der Waals surface area contributed by atoms with E-state index in [0.29, 0.717) is 17.9 Å². The van der Waals surface area contributed by atoms with Crippen molar-refractivity contribution in [3.63, 3.8) is 0 Å². The Morgan fingerprint density at radius 3 is 2.45 bits per heavy atom. The van der Waals surface area contributed by atoms with E-state index in [1.807, 2.05) is 0 Å². The normalized spacial score (nSPS) is 20.7. The maximum Gasteiger partial charge on any atom is 0.240 e. The Bertz CT molecular complexity index is 742. The summed E-state index contributed by atoms with van der Waals surface area (Å²) in [5.41, 5.74) is 0. The molecule has 0 saturated carbocycles. The summed E-state index contributed by atoms with van der Waals surface area (Å²) in [5.74, 6) is 0.717. The van der Waals surface area contributed by atoms with Crippen LogP contribution >= 0.6 is 0 Å². The zero-order valence-corrected chi connectivity index (χ0v) is 14.0. The van der Waals surface area contributed by atoms with Crippen LogP contribution in [0.2, 0.25) is 0 Å². The van der Waals surface area contributed by atoms with E-state index >= 15 is 0 Å². The lowest BCUT2D eigenvalue weighted by atomic mass is 10.1. The minimum absolute atomic E-state index is 0.0292. The Labute approximate surface area is 130 Å². The third-order valence-corrected chi connectivity index (χ3v) is 6.81. The molecule has 2 rings (SSSR count). The van der Waals surface area contributed by atoms with Gasteiger partial charge in [0, 0.05) is 12.6 Å². The summed E-state index contributed by atoms with van der Waals surface area (Å²) in [6, 6.07) is 4.29. The van der Waals surface area contributed by atoms with Crippen molar-refractivity contribution in [3.8, 4) is 11.5 Å². The van der Waals surface area contributed by atoms with E-state index in [9.17, 15) is 16.8 Å². The molecule has 0 spiro atoms. The number of hydrogen-bond acceptors (Lipinski definition) is 6. The van der Waals surface area contributed by atoms with Crippen LogP contribution in [0, 0.1) is 5.92 Å². The molecule has 22 heavy (non-hydrogen) atoms. The van der Waals surface area contributed by atoms with Gasteiger partial charge < -0.3 is 9.47 Å². The van der Waals surface area contributed by atoms with E-state index in [0.717, 1.165) is 0 Å². The Morgan fingerprint density at radius 2 is 1.91 bits per heavy atom. The predicted octanol–water partition coefficient (Wildman–Crippen LogP) is 0.417. The van der Waals surface area contributed by atoms with Crippen molar-refractivity contribution in [2.24, 2.45) is 5.92 Å². The lowest BCUT2D eigenvalue weighted by molar-refractivity contribution is 0.354. The molecule has 1 heterocycles. The summed E-state index contributed by atoms with van der Waals surface area (Å²) >= 11 is 0. The van der Waals surface area contributed by atoms with E-state index < -0.39 is 19.9 Å². The summed E-state index contributed by atoms with van der Waals surface area (Å²) < 4.78 is 59.9. The molecule has 0 aromatic heterocycles. The quantitative estimate of drug-likeness (QED) is 0.799. The van der Waals surface area contributed by atoms with E-state index in [-0.39, 0.29) is 28.9 Å². The second kappa shape index (κ2) is 6.43. The Balaban J connectivity index is 2.10. The molecule has 9 heteroatoms. The molecule has 1 saturated heterocycles. The maximum absolute atomic E-state index is 12.3. The third-order valence-electron chi connectivity index (χ3n) is 3.55. The van der Waals surface area contributed by atoms with Crippen LogP contribution < -0.4 is 14.2 Å². The van der Waals surface area contributed by atoms with Gasteiger partial charge in [-0.15, -0.1) is 0 Å². The first-order chi connectivity index (χ1) is 10.3. The highest BCUT2D eigenvalue weighted by Crippen LogP contribution is 2.29. The fraction of sp³-hybridized carbons (Fsp3) is 0.538. The van der Waals surface area contributed by atoms with Crippen LogP contribution in [0.25, 0.3) is 0 Å². The van der Waals surface area contributed by atoms with E-state index in [4.69, 9.17) is 9.47 Å². The molecule has 0 unspecified atom stereocenters. The summed E-state index contributed by atoms with van der Waals surface area (Å²) in [4.78, 5) is 0.0472. The van der Waals surface area contributed by atoms with Crippen LogP contribution in [0.5, 0.6) is 11.5 Å². The number of nitrogens with one attached hydrogen (secondary N) is 1. The molecule has 1 aliphatic heterocycles. The fourth-order valence-electron chi connectivity index (χ4n) is 2.33. The lowest BCUT2D eigenvalue weighted by Crippen LogP contribution is -2.30. The number of sulfonamides is 1. The van der Waals surface area contributed by atoms with Gasteiger partial charge in [0.1, 0.15) is 0 Å². The third kappa shape index (κ3) is 3.90. The Kier molecular flexibility index (Phi) is 4.98. The van der Waals surface area contributed by atoms with Crippen molar-refractivity contribution < 1.29 is 26.3 Å². The number of rotatable bonds is 6. The first-order valence-electron chi connectivity index (χ1n) is 6.69. The smallest absolute Gasteiger partial charge is 0.240 e. The van der Waals surface area contributed by atoms with Gasteiger partial charge in [-0.25, -0.2) is 21.6 Å². The van der Waals surface area contributed by atoms with Crippen molar-refractivity contribution in [2.45, 2.75) is 11.3 Å². The molecular weight excluding hydrogens is 330 g/mol. The van der Waals surface area contributed by atoms with E-state index in [1.54, 1.807) is 0 Å². The number of hydrogen-bond donors (Lipinski definition) is 1. The molecule has 7 nitrogen and oxygen atoms in total. The lowest BCUT2D eigenvalue weighted by Gasteiger charge is -2.12. The van der Waals surface area contributed by atoms with Gasteiger partial charge in [-0.3, -0.25) is 0 Å². The summed E-state index contributed by atoms with van der Waals surface area (Å²) in [7, 11) is -3.86. The summed E-state index contributed by atoms with van der Waals surface area (Å²) in [5, 5.41) is 0. The van der Waals surface area contributed by atoms with Crippen LogP contribution in [0.1, 0.15) is 6.42 Å². The largest absolute Gasteiger partial charge is 0.493 e. The van der Waals surface area contributed by atoms with Crippen LogP contribution in [0.4, 0.5) is 0 Å². The van der Waals surface area contributed by atoms with E-state index in [1.165, 1.54) is 32.4 Å². The van der Waals surface area contributed by atoms with Crippen LogP contribution in [-0.4, -0.2) is 49.1 Å². The highest BCUT2D eigenvalue weighted by molar-refractivity contribution is 7.91. The molecule has 1 aromatic rings. The average molecular weight is 349 g/mol. The zero-order valence-electron chi connectivity index (χ0n) is 12.4. The number of ether oxygens (including phenoxy) is 2. The highest BCUT2D eigenvalue weighted by Gasteiger charge is 2.29. The second-order valence-corrected chi connectivity index (χ2v) is 9.13. The number of sulfone groups is 1. The van der Waals surface area contributed by atoms with Gasteiger partial charge in [0.25, 0.3) is 0 Å². The Hall–Kier alpha value is -1.32. The average Bonchev–Trinajstić information content (AvgIpc) is 2.84. The molecule has 0 radical (unpaired) electrons. The van der Waals surface area contributed by atoms with Crippen molar-refractivity contribution in [1.29, 1.82) is 0 Å². The van der Waals surface area contributed by atoms with Gasteiger partial charge in [0.15, 0.2) is 21.3 Å². The maximum atomic E-state index is 12.3. The first-order valence-corrected chi connectivity index (χ1v) is 10.00. The number of benzene rings is 1. The summed E-state index contributed by atoms with van der Waals surface area (Å²) in [6.45, 7) is 0.107. The molecule has 1 fully saturated rings. The van der Waals surface area contributed by atoms with Gasteiger partial charge in [-0.1, -0.05) is 0 Å². The minimum Gasteiger partial charge on any atom is -0.493 e. The van der Waals surface area contributed by atoms with Gasteiger partial charge in [0.2, 0.25) is 10.0 Å². The topological polar surface area (TPSA) is 98.8 Å². The molecule has 1 aliphatic rings. The molecule has 124 valence electrons. The molecular formula is C13H19NO6S2. The second-order valence-electron chi connectivity index (χ2n) is 5.14. The van der Waals surface area contributed by atoms with Crippen LogP contribution in [0.15, 0.2) is 23.1 Å². The number of methoxy groups -OCH3 is 2. The van der Waals surface area contributed by atoms with Gasteiger partial charge >= 0.3 is 0 Å². The van der Waals surface area contributed by atoms with Gasteiger partial charge in [-0.2, -0.15) is 0 Å². The highest BCUT2D eigenvalue weighted by atomic mass is 32.2. The molecule has 0 amide bonds. The van der Waals surface area contributed by atoms with Crippen molar-refractivity contribution >= 4 is 19.9 Å². The molecule has 0 aliphatic carbocycles. The summed E-state index contributed by atoms with van der Waals surface area (Å²) in [6.07, 6.45) is 0.483. The van der Waals surface area contributed by atoms with E-state index in [2.05, 4.69) is 4.72 Å². The molecule has 0 bridgehead atoms. The first kappa shape index (κ1) is 17.0. The molecule has 1 N–H and O–H groups in total. The minimum atomic E-state index is -3.72. The van der Waals surface area contributed by atoms with Crippen molar-refractivity contribution in [3.05, 3.63) is 18.2 Å². The SMILES string of the molecule is COc1ccc(S(=O)(=O)NC[C@H]2CCS(=O)(=O)C2)cc1OC. The predicted molar refractivity (Wildman–Crippen MR) is 81.5 cm³/mol. The van der Waals surface area contributed by atoms with Crippen molar-refractivity contribution in [1.82, 2.24) is 4.72 Å². The Morgan fingerprint density at radius 1 is 1.23 bits per heavy atom. The van der Waals surface area contributed by atoms with Crippen LogP contribution in [0.3, 0.4) is 0 Å². The molecule has 1 aromatic carbocycles. The van der Waals surface area contributed by atoms with Crippen LogP contribution in [-0.2, 0) is 19.9 Å². The molecule has 1 atom stereocenters. The fourth-order valence-corrected chi connectivity index (χ4v) is 5.32.